The molecule has 0 aliphatic carbocycles. The number of hydrogen-bond donors (Lipinski definition) is 1. The van der Waals surface area contributed by atoms with Gasteiger partial charge in [-0.25, -0.2) is 0 Å². The highest BCUT2D eigenvalue weighted by Gasteiger charge is 2.24. The first-order chi connectivity index (χ1) is 12.2. The van der Waals surface area contributed by atoms with Crippen LogP contribution >= 0.6 is 0 Å². The molecule has 1 N–H and O–H groups in total. The Bertz CT molecular complexity index is 959. The molecule has 0 bridgehead atoms. The number of rotatable bonds is 3. The molecule has 4 heteroatoms. The van der Waals surface area contributed by atoms with Crippen LogP contribution in [0.15, 0.2) is 46.9 Å². The molecule has 1 aromatic heterocycles. The summed E-state index contributed by atoms with van der Waals surface area (Å²) >= 11 is 0. The highest BCUT2D eigenvalue weighted by atomic mass is 16.3. The number of nitrogens with zero attached hydrogens (tertiary/aromatic N) is 1. The van der Waals surface area contributed by atoms with Crippen LogP contribution in [0.3, 0.4) is 0 Å². The lowest BCUT2D eigenvalue weighted by molar-refractivity contribution is -0.121. The zero-order valence-corrected chi connectivity index (χ0v) is 14.0. The molecule has 0 atom stereocenters. The molecule has 0 unspecified atom stereocenters. The number of anilines is 1. The van der Waals surface area contributed by atoms with Crippen LogP contribution < -0.4 is 5.32 Å². The van der Waals surface area contributed by atoms with E-state index in [9.17, 15) is 4.79 Å². The zero-order valence-electron chi connectivity index (χ0n) is 14.0. The average Bonchev–Trinajstić information content (AvgIpc) is 3.00. The average molecular weight is 332 g/mol. The van der Waals surface area contributed by atoms with Crippen LogP contribution in [0.4, 0.5) is 5.69 Å². The summed E-state index contributed by atoms with van der Waals surface area (Å²) in [6.07, 6.45) is 7.04. The monoisotopic (exact) mass is 332 g/mol. The predicted octanol–water partition coefficient (Wildman–Crippen LogP) is 3.87. The van der Waals surface area contributed by atoms with Crippen molar-refractivity contribution in [1.82, 2.24) is 4.90 Å². The molecule has 1 aliphatic rings. The fourth-order valence-corrected chi connectivity index (χ4v) is 3.53. The van der Waals surface area contributed by atoms with Crippen molar-refractivity contribution in [3.63, 3.8) is 0 Å². The highest BCUT2D eigenvalue weighted by Crippen LogP contribution is 2.30. The number of likely N-dealkylation sites (tertiary alicyclic amines) is 1. The Hall–Kier alpha value is -2.77. The molecular weight excluding hydrogens is 312 g/mol. The van der Waals surface area contributed by atoms with Gasteiger partial charge in [-0.2, -0.15) is 0 Å². The largest absolute Gasteiger partial charge is 0.456 e. The van der Waals surface area contributed by atoms with Crippen LogP contribution in [0.25, 0.3) is 21.9 Å². The third-order valence-electron chi connectivity index (χ3n) is 4.92. The molecule has 4 rings (SSSR count). The standard InChI is InChI=1S/C21H20N2O2/c1-2-11-23-12-9-15(10-13-23)21(24)22-16-7-8-18-17-5-3-4-6-19(17)25-20(18)14-16/h1,3-8,14-15H,9-13H2,(H,22,24). The molecular formula is C21H20N2O2. The van der Waals surface area contributed by atoms with Gasteiger partial charge in [-0.1, -0.05) is 24.1 Å². The van der Waals surface area contributed by atoms with Gasteiger partial charge in [-0.05, 0) is 44.1 Å². The zero-order chi connectivity index (χ0) is 17.2. The number of amides is 1. The van der Waals surface area contributed by atoms with Gasteiger partial charge in [0.25, 0.3) is 0 Å². The summed E-state index contributed by atoms with van der Waals surface area (Å²) in [6.45, 7) is 2.42. The first-order valence-corrected chi connectivity index (χ1v) is 8.62. The predicted molar refractivity (Wildman–Crippen MR) is 100 cm³/mol. The third-order valence-corrected chi connectivity index (χ3v) is 4.92. The minimum atomic E-state index is 0.0420. The van der Waals surface area contributed by atoms with Crippen molar-refractivity contribution in [2.45, 2.75) is 12.8 Å². The number of piperidine rings is 1. The fourth-order valence-electron chi connectivity index (χ4n) is 3.53. The van der Waals surface area contributed by atoms with Crippen molar-refractivity contribution < 1.29 is 9.21 Å². The van der Waals surface area contributed by atoms with E-state index in [1.807, 2.05) is 42.5 Å². The van der Waals surface area contributed by atoms with E-state index in [1.165, 1.54) is 0 Å². The Kier molecular flexibility index (Phi) is 4.17. The van der Waals surface area contributed by atoms with Crippen LogP contribution in [0.1, 0.15) is 12.8 Å². The second-order valence-corrected chi connectivity index (χ2v) is 6.55. The summed E-state index contributed by atoms with van der Waals surface area (Å²) < 4.78 is 5.88. The normalized spacial score (nSPS) is 16.1. The highest BCUT2D eigenvalue weighted by molar-refractivity contribution is 6.06. The molecule has 0 saturated carbocycles. The van der Waals surface area contributed by atoms with Gasteiger partial charge in [-0.3, -0.25) is 9.69 Å². The molecule has 1 aliphatic heterocycles. The molecule has 0 radical (unpaired) electrons. The molecule has 25 heavy (non-hydrogen) atoms. The molecule has 0 spiro atoms. The van der Waals surface area contributed by atoms with Crippen LogP contribution in [0.5, 0.6) is 0 Å². The number of furan rings is 1. The van der Waals surface area contributed by atoms with Gasteiger partial charge in [0.15, 0.2) is 0 Å². The summed E-state index contributed by atoms with van der Waals surface area (Å²) in [5, 5.41) is 5.20. The lowest BCUT2D eigenvalue weighted by Crippen LogP contribution is -2.38. The molecule has 1 saturated heterocycles. The first kappa shape index (κ1) is 15.7. The quantitative estimate of drug-likeness (QED) is 0.741. The summed E-state index contributed by atoms with van der Waals surface area (Å²) in [6, 6.07) is 13.8. The molecule has 1 amide bonds. The lowest BCUT2D eigenvalue weighted by atomic mass is 9.96. The van der Waals surface area contributed by atoms with Crippen LogP contribution in [0.2, 0.25) is 0 Å². The number of terminal acetylenes is 1. The van der Waals surface area contributed by atoms with Crippen molar-refractivity contribution >= 4 is 33.5 Å². The van der Waals surface area contributed by atoms with Gasteiger partial charge in [0.05, 0.1) is 6.54 Å². The maximum atomic E-state index is 12.5. The van der Waals surface area contributed by atoms with Crippen LogP contribution in [0, 0.1) is 18.3 Å². The van der Waals surface area contributed by atoms with Crippen LogP contribution in [-0.4, -0.2) is 30.4 Å². The second-order valence-electron chi connectivity index (χ2n) is 6.55. The molecule has 3 aromatic rings. The first-order valence-electron chi connectivity index (χ1n) is 8.62. The fraction of sp³-hybridized carbons (Fsp3) is 0.286. The maximum Gasteiger partial charge on any atom is 0.227 e. The van der Waals surface area contributed by atoms with Crippen LogP contribution in [-0.2, 0) is 4.79 Å². The minimum Gasteiger partial charge on any atom is -0.456 e. The smallest absolute Gasteiger partial charge is 0.227 e. The van der Waals surface area contributed by atoms with Crippen molar-refractivity contribution in [3.05, 3.63) is 42.5 Å². The van der Waals surface area contributed by atoms with Gasteiger partial charge >= 0.3 is 0 Å². The molecule has 2 aromatic carbocycles. The summed E-state index contributed by atoms with van der Waals surface area (Å²) in [4.78, 5) is 14.8. The van der Waals surface area contributed by atoms with E-state index < -0.39 is 0 Å². The number of para-hydroxylation sites is 1. The van der Waals surface area contributed by atoms with Gasteiger partial charge in [0, 0.05) is 28.4 Å². The van der Waals surface area contributed by atoms with Gasteiger partial charge in [-0.15, -0.1) is 6.42 Å². The van der Waals surface area contributed by atoms with Crippen molar-refractivity contribution in [2.24, 2.45) is 5.92 Å². The minimum absolute atomic E-state index is 0.0420. The van der Waals surface area contributed by atoms with E-state index in [-0.39, 0.29) is 11.8 Å². The number of carbonyl (C=O) groups is 1. The molecule has 1 fully saturated rings. The second kappa shape index (κ2) is 6.62. The molecule has 4 nitrogen and oxygen atoms in total. The topological polar surface area (TPSA) is 45.5 Å². The van der Waals surface area contributed by atoms with E-state index in [0.717, 1.165) is 53.6 Å². The summed E-state index contributed by atoms with van der Waals surface area (Å²) in [5.74, 6) is 2.79. The summed E-state index contributed by atoms with van der Waals surface area (Å²) in [7, 11) is 0. The Labute approximate surface area is 146 Å². The van der Waals surface area contributed by atoms with Gasteiger partial charge in [0.2, 0.25) is 5.91 Å². The number of benzene rings is 2. The van der Waals surface area contributed by atoms with Crippen molar-refractivity contribution in [3.8, 4) is 12.3 Å². The number of carbonyl (C=O) groups excluding carboxylic acids is 1. The van der Waals surface area contributed by atoms with Crippen molar-refractivity contribution in [1.29, 1.82) is 0 Å². The number of nitrogens with one attached hydrogen (secondary N) is 1. The maximum absolute atomic E-state index is 12.5. The third kappa shape index (κ3) is 3.11. The molecule has 2 heterocycles. The van der Waals surface area contributed by atoms with E-state index in [2.05, 4.69) is 16.1 Å². The van der Waals surface area contributed by atoms with Gasteiger partial charge < -0.3 is 9.73 Å². The van der Waals surface area contributed by atoms with E-state index in [0.29, 0.717) is 6.54 Å². The number of hydrogen-bond acceptors (Lipinski definition) is 3. The SMILES string of the molecule is C#CCN1CCC(C(=O)Nc2ccc3c(c2)oc2ccccc23)CC1. The van der Waals surface area contributed by atoms with E-state index >= 15 is 0 Å². The summed E-state index contributed by atoms with van der Waals surface area (Å²) in [5.41, 5.74) is 2.44. The van der Waals surface area contributed by atoms with Gasteiger partial charge in [0.1, 0.15) is 11.2 Å². The Balaban J connectivity index is 1.48. The lowest BCUT2D eigenvalue weighted by Gasteiger charge is -2.29. The Morgan fingerprint density at radius 3 is 2.72 bits per heavy atom. The van der Waals surface area contributed by atoms with Crippen molar-refractivity contribution in [2.75, 3.05) is 25.0 Å². The Morgan fingerprint density at radius 1 is 1.16 bits per heavy atom. The van der Waals surface area contributed by atoms with E-state index in [4.69, 9.17) is 10.8 Å². The number of fused-ring (bicyclic) bond motifs is 3. The Morgan fingerprint density at radius 2 is 1.92 bits per heavy atom. The van der Waals surface area contributed by atoms with E-state index in [1.54, 1.807) is 0 Å². The molecule has 126 valence electrons.